The minimum atomic E-state index is -3.24. The first-order valence-corrected chi connectivity index (χ1v) is 5.64. The summed E-state index contributed by atoms with van der Waals surface area (Å²) in [7, 11) is -3.24. The molecule has 7 nitrogen and oxygen atoms in total. The van der Waals surface area contributed by atoms with Crippen LogP contribution in [0.2, 0.25) is 0 Å². The number of hydrogen-bond acceptors (Lipinski definition) is 6. The van der Waals surface area contributed by atoms with Crippen LogP contribution in [0.5, 0.6) is 0 Å². The van der Waals surface area contributed by atoms with Crippen LogP contribution in [-0.4, -0.2) is 43.0 Å². The molecule has 0 aromatic rings. The van der Waals surface area contributed by atoms with Crippen LogP contribution in [0.4, 0.5) is 4.79 Å². The lowest BCUT2D eigenvalue weighted by atomic mass is 10.2. The summed E-state index contributed by atoms with van der Waals surface area (Å²) in [5, 5.41) is 11.3. The van der Waals surface area contributed by atoms with Gasteiger partial charge in [-0.2, -0.15) is 0 Å². The van der Waals surface area contributed by atoms with Crippen molar-refractivity contribution in [2.45, 2.75) is 12.5 Å². The number of nitrogens with two attached hydrogens (primary N) is 1. The lowest BCUT2D eigenvalue weighted by Crippen LogP contribution is -2.40. The van der Waals surface area contributed by atoms with E-state index in [1.165, 1.54) is 0 Å². The zero-order chi connectivity index (χ0) is 10.8. The van der Waals surface area contributed by atoms with E-state index >= 15 is 0 Å². The molecular formula is C6H10N2O5S. The normalized spacial score (nSPS) is 28.6. The van der Waals surface area contributed by atoms with Crippen molar-refractivity contribution in [1.29, 1.82) is 0 Å². The predicted octanol–water partition coefficient (Wildman–Crippen LogP) is -0.901. The van der Waals surface area contributed by atoms with E-state index in [0.717, 1.165) is 0 Å². The zero-order valence-corrected chi connectivity index (χ0v) is 8.03. The number of amides is 1. The van der Waals surface area contributed by atoms with E-state index in [1.54, 1.807) is 0 Å². The summed E-state index contributed by atoms with van der Waals surface area (Å²) in [6.07, 6.45) is -1.78. The summed E-state index contributed by atoms with van der Waals surface area (Å²) in [6.45, 7) is 0. The summed E-state index contributed by atoms with van der Waals surface area (Å²) in [4.78, 5) is 10.4. The van der Waals surface area contributed by atoms with Crippen LogP contribution in [0, 0.1) is 0 Å². The largest absolute Gasteiger partial charge is 0.440 e. The summed E-state index contributed by atoms with van der Waals surface area (Å²) >= 11 is 0. The van der Waals surface area contributed by atoms with Crippen molar-refractivity contribution in [3.05, 3.63) is 0 Å². The van der Waals surface area contributed by atoms with Gasteiger partial charge in [-0.3, -0.25) is 0 Å². The molecule has 0 radical (unpaired) electrons. The third kappa shape index (κ3) is 2.59. The second-order valence-electron chi connectivity index (χ2n) is 2.90. The first kappa shape index (κ1) is 10.8. The highest BCUT2D eigenvalue weighted by molar-refractivity contribution is 7.92. The maximum atomic E-state index is 11.1. The molecule has 14 heavy (non-hydrogen) atoms. The van der Waals surface area contributed by atoms with E-state index < -0.39 is 27.8 Å². The fraction of sp³-hybridized carbons (Fsp3) is 0.667. The molecule has 80 valence electrons. The van der Waals surface area contributed by atoms with Crippen molar-refractivity contribution < 1.29 is 23.2 Å². The average Bonchev–Trinajstić information content (AvgIpc) is 2.07. The molecule has 3 N–H and O–H groups in total. The number of hydrogen-bond donors (Lipinski definition) is 2. The van der Waals surface area contributed by atoms with E-state index in [-0.39, 0.29) is 17.9 Å². The van der Waals surface area contributed by atoms with Crippen LogP contribution in [0.1, 0.15) is 6.42 Å². The Labute approximate surface area is 80.4 Å². The van der Waals surface area contributed by atoms with Gasteiger partial charge in [0, 0.05) is 6.42 Å². The first-order chi connectivity index (χ1) is 6.44. The van der Waals surface area contributed by atoms with E-state index in [1.807, 2.05) is 0 Å². The predicted molar refractivity (Wildman–Crippen MR) is 46.9 cm³/mol. The summed E-state index contributed by atoms with van der Waals surface area (Å²) in [6, 6.07) is 0. The van der Waals surface area contributed by atoms with Crippen molar-refractivity contribution in [2.75, 3.05) is 11.5 Å². The molecule has 0 spiro atoms. The highest BCUT2D eigenvalue weighted by Gasteiger charge is 2.32. The quantitative estimate of drug-likeness (QED) is 0.440. The van der Waals surface area contributed by atoms with Gasteiger partial charge in [-0.05, 0) is 0 Å². The number of carbonyl (C=O) groups is 1. The fourth-order valence-corrected chi connectivity index (χ4v) is 2.62. The number of oxime groups is 1. The van der Waals surface area contributed by atoms with Gasteiger partial charge in [0.05, 0.1) is 11.5 Å². The highest BCUT2D eigenvalue weighted by atomic mass is 32.2. The Balaban J connectivity index is 2.77. The standard InChI is InChI=1S/C6H10N2O5S/c7-6(9)13-5-1-2-14(11,12)3-4(5)8-10/h5,10H,1-3H2,(H2,7,9). The van der Waals surface area contributed by atoms with Crippen LogP contribution >= 0.6 is 0 Å². The molecule has 0 aromatic heterocycles. The second kappa shape index (κ2) is 3.82. The van der Waals surface area contributed by atoms with E-state index in [2.05, 4.69) is 9.89 Å². The Kier molecular flexibility index (Phi) is 2.94. The van der Waals surface area contributed by atoms with Crippen LogP contribution in [-0.2, 0) is 14.6 Å². The third-order valence-electron chi connectivity index (χ3n) is 1.82. The highest BCUT2D eigenvalue weighted by Crippen LogP contribution is 2.13. The SMILES string of the molecule is NC(=O)OC1CCS(=O)(=O)CC1=NO. The number of nitrogens with zero attached hydrogens (tertiary/aromatic N) is 1. The molecular weight excluding hydrogens is 212 g/mol. The Morgan fingerprint density at radius 1 is 1.64 bits per heavy atom. The molecule has 1 unspecified atom stereocenters. The minimum absolute atomic E-state index is 0.0741. The Morgan fingerprint density at radius 2 is 2.29 bits per heavy atom. The van der Waals surface area contributed by atoms with E-state index in [9.17, 15) is 13.2 Å². The van der Waals surface area contributed by atoms with E-state index in [0.29, 0.717) is 0 Å². The fourth-order valence-electron chi connectivity index (χ4n) is 1.20. The summed E-state index contributed by atoms with van der Waals surface area (Å²) in [5.41, 5.74) is 4.67. The van der Waals surface area contributed by atoms with Crippen molar-refractivity contribution >= 4 is 21.6 Å². The second-order valence-corrected chi connectivity index (χ2v) is 5.08. The molecule has 0 aliphatic carbocycles. The van der Waals surface area contributed by atoms with Crippen LogP contribution in [0.25, 0.3) is 0 Å². The number of ether oxygens (including phenoxy) is 1. The van der Waals surface area contributed by atoms with Gasteiger partial charge >= 0.3 is 6.09 Å². The molecule has 0 bridgehead atoms. The van der Waals surface area contributed by atoms with Crippen LogP contribution < -0.4 is 5.73 Å². The maximum absolute atomic E-state index is 11.1. The molecule has 8 heteroatoms. The minimum Gasteiger partial charge on any atom is -0.440 e. The molecule has 1 rings (SSSR count). The number of sulfone groups is 1. The van der Waals surface area contributed by atoms with Crippen molar-refractivity contribution in [3.8, 4) is 0 Å². The molecule has 1 heterocycles. The molecule has 0 saturated carbocycles. The van der Waals surface area contributed by atoms with Gasteiger partial charge in [0.1, 0.15) is 11.8 Å². The molecule has 1 saturated heterocycles. The molecule has 1 atom stereocenters. The maximum Gasteiger partial charge on any atom is 0.405 e. The van der Waals surface area contributed by atoms with Gasteiger partial charge in [0.2, 0.25) is 0 Å². The molecule has 0 aromatic carbocycles. The van der Waals surface area contributed by atoms with Crippen LogP contribution in [0.15, 0.2) is 5.16 Å². The lowest BCUT2D eigenvalue weighted by Gasteiger charge is -2.21. The van der Waals surface area contributed by atoms with E-state index in [4.69, 9.17) is 10.9 Å². The summed E-state index contributed by atoms with van der Waals surface area (Å²) < 4.78 is 26.7. The number of rotatable bonds is 1. The molecule has 1 amide bonds. The molecule has 1 aliphatic rings. The van der Waals surface area contributed by atoms with Gasteiger partial charge in [0.25, 0.3) is 0 Å². The van der Waals surface area contributed by atoms with Crippen molar-refractivity contribution in [3.63, 3.8) is 0 Å². The first-order valence-electron chi connectivity index (χ1n) is 3.82. The molecule has 1 aliphatic heterocycles. The van der Waals surface area contributed by atoms with Crippen molar-refractivity contribution in [2.24, 2.45) is 10.9 Å². The van der Waals surface area contributed by atoms with Gasteiger partial charge < -0.3 is 15.7 Å². The van der Waals surface area contributed by atoms with Crippen molar-refractivity contribution in [1.82, 2.24) is 0 Å². The topological polar surface area (TPSA) is 119 Å². The number of carbonyl (C=O) groups excluding carboxylic acids is 1. The molecule has 1 fully saturated rings. The average molecular weight is 222 g/mol. The Hall–Kier alpha value is -1.31. The van der Waals surface area contributed by atoms with Crippen LogP contribution in [0.3, 0.4) is 0 Å². The Morgan fingerprint density at radius 3 is 2.79 bits per heavy atom. The Bertz CT molecular complexity index is 360. The lowest BCUT2D eigenvalue weighted by molar-refractivity contribution is 0.132. The third-order valence-corrected chi connectivity index (χ3v) is 3.41. The van der Waals surface area contributed by atoms with Gasteiger partial charge in [0.15, 0.2) is 9.84 Å². The zero-order valence-electron chi connectivity index (χ0n) is 7.21. The monoisotopic (exact) mass is 222 g/mol. The van der Waals surface area contributed by atoms with Gasteiger partial charge in [-0.15, -0.1) is 0 Å². The van der Waals surface area contributed by atoms with Gasteiger partial charge in [-0.25, -0.2) is 13.2 Å². The smallest absolute Gasteiger partial charge is 0.405 e. The number of primary amides is 1. The summed E-state index contributed by atoms with van der Waals surface area (Å²) in [5.74, 6) is -0.509. The van der Waals surface area contributed by atoms with Gasteiger partial charge in [-0.1, -0.05) is 5.16 Å².